The molecule has 0 aliphatic carbocycles. The first-order valence-electron chi connectivity index (χ1n) is 4.97. The number of anilines is 1. The van der Waals surface area contributed by atoms with Gasteiger partial charge in [-0.2, -0.15) is 9.97 Å². The predicted molar refractivity (Wildman–Crippen MR) is 66.1 cm³/mol. The maximum Gasteiger partial charge on any atom is 0.223 e. The molecule has 0 fully saturated rings. The molecule has 0 spiro atoms. The molecule has 3 rings (SSSR count). The van der Waals surface area contributed by atoms with Crippen molar-refractivity contribution in [2.45, 2.75) is 0 Å². The van der Waals surface area contributed by atoms with Crippen LogP contribution in [0, 0.1) is 0 Å². The van der Waals surface area contributed by atoms with Gasteiger partial charge in [0.15, 0.2) is 10.8 Å². The maximum absolute atomic E-state index is 5.96. The van der Waals surface area contributed by atoms with Crippen molar-refractivity contribution < 1.29 is 0 Å². The minimum Gasteiger partial charge on any atom is -0.368 e. The van der Waals surface area contributed by atoms with Crippen molar-refractivity contribution in [3.8, 4) is 5.69 Å². The molecule has 5 nitrogen and oxygen atoms in total. The number of nitrogen functional groups attached to an aromatic ring is 1. The molecule has 2 N–H and O–H groups in total. The van der Waals surface area contributed by atoms with Crippen molar-refractivity contribution in [1.29, 1.82) is 0 Å². The van der Waals surface area contributed by atoms with Gasteiger partial charge in [-0.3, -0.25) is 4.57 Å². The molecule has 0 radical (unpaired) electrons. The van der Waals surface area contributed by atoms with E-state index in [4.69, 9.17) is 17.3 Å². The van der Waals surface area contributed by atoms with Crippen LogP contribution >= 0.6 is 11.6 Å². The number of halogens is 1. The number of nitrogens with zero attached hydrogens (tertiary/aromatic N) is 4. The van der Waals surface area contributed by atoms with Gasteiger partial charge in [0.2, 0.25) is 5.95 Å². The van der Waals surface area contributed by atoms with Crippen LogP contribution in [-0.4, -0.2) is 19.5 Å². The summed E-state index contributed by atoms with van der Waals surface area (Å²) < 4.78 is 1.82. The van der Waals surface area contributed by atoms with E-state index in [1.165, 1.54) is 0 Å². The summed E-state index contributed by atoms with van der Waals surface area (Å²) in [5.41, 5.74) is 7.68. The zero-order chi connectivity index (χ0) is 11.8. The van der Waals surface area contributed by atoms with Crippen LogP contribution in [-0.2, 0) is 0 Å². The lowest BCUT2D eigenvalue weighted by molar-refractivity contribution is 1.06. The molecule has 84 valence electrons. The molecule has 0 saturated carbocycles. The average Bonchev–Trinajstić information content (AvgIpc) is 2.74. The zero-order valence-corrected chi connectivity index (χ0v) is 9.46. The van der Waals surface area contributed by atoms with Crippen LogP contribution in [0.3, 0.4) is 0 Å². The highest BCUT2D eigenvalue weighted by molar-refractivity contribution is 6.33. The summed E-state index contributed by atoms with van der Waals surface area (Å²) in [5.74, 6) is 0.139. The van der Waals surface area contributed by atoms with Crippen LogP contribution in [0.5, 0.6) is 0 Å². The first-order chi connectivity index (χ1) is 8.25. The fraction of sp³-hybridized carbons (Fsp3) is 0. The zero-order valence-electron chi connectivity index (χ0n) is 8.71. The molecule has 0 aliphatic rings. The molecule has 2 heterocycles. The summed E-state index contributed by atoms with van der Waals surface area (Å²) in [6.45, 7) is 0. The van der Waals surface area contributed by atoms with Crippen molar-refractivity contribution >= 4 is 28.7 Å². The van der Waals surface area contributed by atoms with E-state index >= 15 is 0 Å². The molecule has 0 aliphatic heterocycles. The molecule has 2 aromatic heterocycles. The number of rotatable bonds is 1. The van der Waals surface area contributed by atoms with Crippen LogP contribution < -0.4 is 5.73 Å². The molecule has 17 heavy (non-hydrogen) atoms. The number of hydrogen-bond donors (Lipinski definition) is 1. The van der Waals surface area contributed by atoms with E-state index in [1.807, 2.05) is 34.9 Å². The van der Waals surface area contributed by atoms with Gasteiger partial charge in [-0.1, -0.05) is 29.8 Å². The number of benzene rings is 1. The molecule has 0 saturated heterocycles. The Morgan fingerprint density at radius 3 is 2.65 bits per heavy atom. The highest BCUT2D eigenvalue weighted by atomic mass is 35.5. The maximum atomic E-state index is 5.96. The van der Waals surface area contributed by atoms with Crippen molar-refractivity contribution in [1.82, 2.24) is 19.5 Å². The largest absolute Gasteiger partial charge is 0.368 e. The molecular weight excluding hydrogens is 238 g/mol. The first-order valence-corrected chi connectivity index (χ1v) is 5.35. The average molecular weight is 246 g/mol. The lowest BCUT2D eigenvalue weighted by Gasteiger charge is -2.03. The van der Waals surface area contributed by atoms with Gasteiger partial charge in [-0.15, -0.1) is 0 Å². The molecule has 3 aromatic rings. The van der Waals surface area contributed by atoms with E-state index in [9.17, 15) is 0 Å². The van der Waals surface area contributed by atoms with E-state index in [-0.39, 0.29) is 11.1 Å². The van der Waals surface area contributed by atoms with Gasteiger partial charge in [0.05, 0.1) is 0 Å². The summed E-state index contributed by atoms with van der Waals surface area (Å²) in [4.78, 5) is 12.2. The van der Waals surface area contributed by atoms with Gasteiger partial charge in [0.1, 0.15) is 11.8 Å². The predicted octanol–water partition coefficient (Wildman–Crippen LogP) is 2.05. The fourth-order valence-corrected chi connectivity index (χ4v) is 1.88. The minimum atomic E-state index is 0.139. The van der Waals surface area contributed by atoms with Crippen LogP contribution in [0.25, 0.3) is 16.9 Å². The Morgan fingerprint density at radius 1 is 1.12 bits per heavy atom. The quantitative estimate of drug-likeness (QED) is 0.666. The third kappa shape index (κ3) is 1.60. The number of aromatic nitrogens is 4. The third-order valence-corrected chi connectivity index (χ3v) is 2.67. The summed E-state index contributed by atoms with van der Waals surface area (Å²) in [7, 11) is 0. The number of fused-ring (bicyclic) bond motifs is 1. The topological polar surface area (TPSA) is 69.6 Å². The monoisotopic (exact) mass is 245 g/mol. The summed E-state index contributed by atoms with van der Waals surface area (Å²) >= 11 is 5.96. The number of hydrogen-bond acceptors (Lipinski definition) is 4. The highest BCUT2D eigenvalue weighted by Crippen LogP contribution is 2.22. The molecule has 0 amide bonds. The van der Waals surface area contributed by atoms with E-state index in [1.54, 1.807) is 6.33 Å². The van der Waals surface area contributed by atoms with Gasteiger partial charge in [0, 0.05) is 5.69 Å². The Hall–Kier alpha value is -2.14. The Balaban J connectivity index is 2.32. The van der Waals surface area contributed by atoms with Crippen LogP contribution in [0.4, 0.5) is 5.95 Å². The van der Waals surface area contributed by atoms with Crippen LogP contribution in [0.1, 0.15) is 0 Å². The lowest BCUT2D eigenvalue weighted by Crippen LogP contribution is -1.99. The summed E-state index contributed by atoms with van der Waals surface area (Å²) in [6.07, 6.45) is 1.65. The Bertz CT molecular complexity index is 677. The summed E-state index contributed by atoms with van der Waals surface area (Å²) in [5, 5.41) is 0.266. The van der Waals surface area contributed by atoms with Gasteiger partial charge >= 0.3 is 0 Å². The molecule has 0 bridgehead atoms. The van der Waals surface area contributed by atoms with Gasteiger partial charge in [-0.25, -0.2) is 4.98 Å². The number of nitrogens with two attached hydrogens (primary N) is 1. The van der Waals surface area contributed by atoms with Crippen LogP contribution in [0.2, 0.25) is 5.15 Å². The molecular formula is C11H8ClN5. The Morgan fingerprint density at radius 2 is 1.88 bits per heavy atom. The molecule has 1 aromatic carbocycles. The second kappa shape index (κ2) is 3.71. The summed E-state index contributed by atoms with van der Waals surface area (Å²) in [6, 6.07) is 9.72. The van der Waals surface area contributed by atoms with E-state index in [0.29, 0.717) is 11.2 Å². The van der Waals surface area contributed by atoms with E-state index in [2.05, 4.69) is 15.0 Å². The minimum absolute atomic E-state index is 0.139. The van der Waals surface area contributed by atoms with Gasteiger partial charge in [-0.05, 0) is 12.1 Å². The molecule has 0 atom stereocenters. The van der Waals surface area contributed by atoms with Crippen molar-refractivity contribution in [2.24, 2.45) is 0 Å². The van der Waals surface area contributed by atoms with E-state index in [0.717, 1.165) is 5.69 Å². The second-order valence-electron chi connectivity index (χ2n) is 3.49. The number of imidazole rings is 1. The molecule has 0 unspecified atom stereocenters. The highest BCUT2D eigenvalue weighted by Gasteiger charge is 2.11. The Labute approximate surface area is 102 Å². The van der Waals surface area contributed by atoms with Crippen LogP contribution in [0.15, 0.2) is 36.7 Å². The SMILES string of the molecule is Nc1nc(Cl)c2ncn(-c3ccccc3)c2n1. The fourth-order valence-electron chi connectivity index (χ4n) is 1.66. The first kappa shape index (κ1) is 10.0. The normalized spacial score (nSPS) is 10.9. The smallest absolute Gasteiger partial charge is 0.223 e. The van der Waals surface area contributed by atoms with E-state index < -0.39 is 0 Å². The lowest BCUT2D eigenvalue weighted by atomic mass is 10.3. The Kier molecular flexibility index (Phi) is 2.19. The van der Waals surface area contributed by atoms with Crippen molar-refractivity contribution in [3.05, 3.63) is 41.8 Å². The molecule has 6 heteroatoms. The standard InChI is InChI=1S/C11H8ClN5/c12-9-8-10(16-11(13)15-9)17(6-14-8)7-4-2-1-3-5-7/h1-6H,(H2,13,15,16). The van der Waals surface area contributed by atoms with Crippen molar-refractivity contribution in [3.63, 3.8) is 0 Å². The van der Waals surface area contributed by atoms with Crippen molar-refractivity contribution in [2.75, 3.05) is 5.73 Å². The van der Waals surface area contributed by atoms with Gasteiger partial charge in [0.25, 0.3) is 0 Å². The van der Waals surface area contributed by atoms with Gasteiger partial charge < -0.3 is 5.73 Å². The number of para-hydroxylation sites is 1. The third-order valence-electron chi connectivity index (χ3n) is 2.41. The second-order valence-corrected chi connectivity index (χ2v) is 3.85.